The van der Waals surface area contributed by atoms with E-state index in [2.05, 4.69) is 17.3 Å². The number of piperidine rings is 1. The Balaban J connectivity index is 2.00. The summed E-state index contributed by atoms with van der Waals surface area (Å²) >= 11 is 7.78. The van der Waals surface area contributed by atoms with Gasteiger partial charge in [-0.2, -0.15) is 0 Å². The Bertz CT molecular complexity index is 478. The Hall–Kier alpha value is -0.530. The third-order valence-corrected chi connectivity index (χ3v) is 5.09. The molecule has 1 aromatic rings. The number of fused-ring (bicyclic) bond motifs is 2. The van der Waals surface area contributed by atoms with E-state index in [9.17, 15) is 0 Å². The SMILES string of the molecule is C#C[C@@H]1C[C@]2(CCN1)OCCc1cc(Cl)sc12. The maximum atomic E-state index is 6.13. The molecule has 2 aliphatic rings. The Labute approximate surface area is 110 Å². The first-order chi connectivity index (χ1) is 8.23. The monoisotopic (exact) mass is 267 g/mol. The van der Waals surface area contributed by atoms with E-state index in [1.165, 1.54) is 10.4 Å². The summed E-state index contributed by atoms with van der Waals surface area (Å²) in [7, 11) is 0. The van der Waals surface area contributed by atoms with Crippen LogP contribution in [-0.4, -0.2) is 19.2 Å². The maximum absolute atomic E-state index is 6.13. The minimum Gasteiger partial charge on any atom is -0.369 e. The Morgan fingerprint density at radius 2 is 2.53 bits per heavy atom. The highest BCUT2D eigenvalue weighted by Crippen LogP contribution is 2.46. The molecule has 0 amide bonds. The van der Waals surface area contributed by atoms with Crippen molar-refractivity contribution in [1.29, 1.82) is 0 Å². The lowest BCUT2D eigenvalue weighted by molar-refractivity contribution is -0.0820. The van der Waals surface area contributed by atoms with Crippen molar-refractivity contribution in [3.8, 4) is 12.3 Å². The van der Waals surface area contributed by atoms with Gasteiger partial charge in [0.25, 0.3) is 0 Å². The van der Waals surface area contributed by atoms with Gasteiger partial charge in [0.05, 0.1) is 17.0 Å². The van der Waals surface area contributed by atoms with E-state index >= 15 is 0 Å². The molecular weight excluding hydrogens is 254 g/mol. The number of thiophene rings is 1. The van der Waals surface area contributed by atoms with Crippen LogP contribution < -0.4 is 5.32 Å². The van der Waals surface area contributed by atoms with E-state index in [-0.39, 0.29) is 11.6 Å². The van der Waals surface area contributed by atoms with Gasteiger partial charge in [0.2, 0.25) is 0 Å². The Morgan fingerprint density at radius 1 is 1.65 bits per heavy atom. The van der Waals surface area contributed by atoms with Crippen LogP contribution in [0.15, 0.2) is 6.07 Å². The van der Waals surface area contributed by atoms with E-state index in [0.29, 0.717) is 0 Å². The first kappa shape index (κ1) is 11.6. The molecule has 0 radical (unpaired) electrons. The lowest BCUT2D eigenvalue weighted by Crippen LogP contribution is -2.48. The second-order valence-electron chi connectivity index (χ2n) is 4.63. The number of terminal acetylenes is 1. The average molecular weight is 268 g/mol. The topological polar surface area (TPSA) is 21.3 Å². The fourth-order valence-corrected chi connectivity index (χ4v) is 4.28. The lowest BCUT2D eigenvalue weighted by atomic mass is 9.83. The van der Waals surface area contributed by atoms with Crippen LogP contribution >= 0.6 is 22.9 Å². The molecule has 1 spiro atoms. The van der Waals surface area contributed by atoms with Crippen LogP contribution in [0.3, 0.4) is 0 Å². The molecule has 1 N–H and O–H groups in total. The number of hydrogen-bond acceptors (Lipinski definition) is 3. The summed E-state index contributed by atoms with van der Waals surface area (Å²) in [5.41, 5.74) is 1.16. The third kappa shape index (κ3) is 1.90. The van der Waals surface area contributed by atoms with Gasteiger partial charge in [-0.1, -0.05) is 17.5 Å². The predicted octanol–water partition coefficient (Wildman–Crippen LogP) is 2.55. The highest BCUT2D eigenvalue weighted by Gasteiger charge is 2.43. The molecule has 2 atom stereocenters. The third-order valence-electron chi connectivity index (χ3n) is 3.60. The number of ether oxygens (including phenoxy) is 1. The van der Waals surface area contributed by atoms with Crippen molar-refractivity contribution in [2.45, 2.75) is 30.9 Å². The minimum atomic E-state index is -0.187. The summed E-state index contributed by atoms with van der Waals surface area (Å²) in [6.07, 6.45) is 8.33. The van der Waals surface area contributed by atoms with Gasteiger partial charge in [0, 0.05) is 11.3 Å². The molecule has 4 heteroatoms. The van der Waals surface area contributed by atoms with Gasteiger partial charge in [-0.3, -0.25) is 0 Å². The molecule has 3 heterocycles. The number of hydrogen-bond donors (Lipinski definition) is 1. The summed E-state index contributed by atoms with van der Waals surface area (Å²) in [5, 5.41) is 3.33. The fourth-order valence-electron chi connectivity index (χ4n) is 2.80. The van der Waals surface area contributed by atoms with Gasteiger partial charge < -0.3 is 10.1 Å². The van der Waals surface area contributed by atoms with E-state index in [4.69, 9.17) is 22.8 Å². The average Bonchev–Trinajstić information content (AvgIpc) is 2.72. The van der Waals surface area contributed by atoms with Gasteiger partial charge in [-0.25, -0.2) is 0 Å². The van der Waals surface area contributed by atoms with Crippen molar-refractivity contribution in [3.05, 3.63) is 20.8 Å². The molecule has 3 rings (SSSR count). The molecule has 0 aromatic carbocycles. The van der Waals surface area contributed by atoms with Crippen LogP contribution in [0, 0.1) is 12.3 Å². The van der Waals surface area contributed by atoms with Crippen molar-refractivity contribution in [2.24, 2.45) is 0 Å². The summed E-state index contributed by atoms with van der Waals surface area (Å²) < 4.78 is 6.95. The maximum Gasteiger partial charge on any atom is 0.106 e. The molecule has 1 saturated heterocycles. The predicted molar refractivity (Wildman–Crippen MR) is 70.5 cm³/mol. The number of nitrogens with one attached hydrogen (secondary N) is 1. The zero-order chi connectivity index (χ0) is 11.9. The van der Waals surface area contributed by atoms with Crippen LogP contribution in [-0.2, 0) is 16.8 Å². The Kier molecular flexibility index (Phi) is 2.92. The molecule has 1 aromatic heterocycles. The smallest absolute Gasteiger partial charge is 0.106 e. The summed E-state index contributed by atoms with van der Waals surface area (Å²) in [5.74, 6) is 2.79. The van der Waals surface area contributed by atoms with Crippen LogP contribution in [0.4, 0.5) is 0 Å². The second kappa shape index (κ2) is 4.29. The van der Waals surface area contributed by atoms with Crippen LogP contribution in [0.25, 0.3) is 0 Å². The summed E-state index contributed by atoms with van der Waals surface area (Å²) in [6.45, 7) is 1.68. The van der Waals surface area contributed by atoms with Gasteiger partial charge in [-0.05, 0) is 31.0 Å². The number of halogens is 1. The molecule has 0 unspecified atom stereocenters. The van der Waals surface area contributed by atoms with E-state index < -0.39 is 0 Å². The standard InChI is InChI=1S/C13H14ClNOS/c1-2-10-8-13(4-5-15-10)12-9(3-6-16-13)7-11(14)17-12/h1,7,10,15H,3-6,8H2/t10-,13+/m1/s1. The second-order valence-corrected chi connectivity index (χ2v) is 6.31. The quantitative estimate of drug-likeness (QED) is 0.730. The first-order valence-corrected chi connectivity index (χ1v) is 7.05. The minimum absolute atomic E-state index is 0.107. The summed E-state index contributed by atoms with van der Waals surface area (Å²) in [6, 6.07) is 2.19. The van der Waals surface area contributed by atoms with E-state index in [0.717, 1.165) is 36.8 Å². The molecule has 0 saturated carbocycles. The van der Waals surface area contributed by atoms with Crippen molar-refractivity contribution in [3.63, 3.8) is 0 Å². The molecule has 1 fully saturated rings. The molecule has 2 aliphatic heterocycles. The van der Waals surface area contributed by atoms with Gasteiger partial charge in [0.1, 0.15) is 5.60 Å². The molecular formula is C13H14ClNOS. The highest BCUT2D eigenvalue weighted by molar-refractivity contribution is 7.16. The van der Waals surface area contributed by atoms with Gasteiger partial charge in [0.15, 0.2) is 0 Å². The van der Waals surface area contributed by atoms with Gasteiger partial charge >= 0.3 is 0 Å². The fraction of sp³-hybridized carbons (Fsp3) is 0.538. The highest BCUT2D eigenvalue weighted by atomic mass is 35.5. The molecule has 2 nitrogen and oxygen atoms in total. The zero-order valence-corrected chi connectivity index (χ0v) is 11.0. The van der Waals surface area contributed by atoms with Crippen molar-refractivity contribution >= 4 is 22.9 Å². The number of rotatable bonds is 0. The summed E-state index contributed by atoms with van der Waals surface area (Å²) in [4.78, 5) is 1.30. The van der Waals surface area contributed by atoms with Crippen molar-refractivity contribution in [1.82, 2.24) is 5.32 Å². The molecule has 0 bridgehead atoms. The van der Waals surface area contributed by atoms with Gasteiger partial charge in [-0.15, -0.1) is 17.8 Å². The largest absolute Gasteiger partial charge is 0.369 e. The Morgan fingerprint density at radius 3 is 3.35 bits per heavy atom. The normalized spacial score (nSPS) is 32.1. The lowest BCUT2D eigenvalue weighted by Gasteiger charge is -2.42. The van der Waals surface area contributed by atoms with E-state index in [1.54, 1.807) is 11.3 Å². The molecule has 0 aliphatic carbocycles. The zero-order valence-electron chi connectivity index (χ0n) is 9.46. The molecule has 17 heavy (non-hydrogen) atoms. The van der Waals surface area contributed by atoms with Crippen molar-refractivity contribution in [2.75, 3.05) is 13.2 Å². The first-order valence-electron chi connectivity index (χ1n) is 5.86. The van der Waals surface area contributed by atoms with Crippen LogP contribution in [0.1, 0.15) is 23.3 Å². The van der Waals surface area contributed by atoms with E-state index in [1.807, 2.05) is 0 Å². The van der Waals surface area contributed by atoms with Crippen LogP contribution in [0.5, 0.6) is 0 Å². The molecule has 90 valence electrons. The van der Waals surface area contributed by atoms with Crippen molar-refractivity contribution < 1.29 is 4.74 Å². The van der Waals surface area contributed by atoms with Crippen LogP contribution in [0.2, 0.25) is 4.34 Å².